The molecule has 0 radical (unpaired) electrons. The van der Waals surface area contributed by atoms with Crippen LogP contribution in [0.25, 0.3) is 0 Å². The Bertz CT molecular complexity index is 128. The molecule has 1 nitrogen and oxygen atoms in total. The van der Waals surface area contributed by atoms with Crippen molar-refractivity contribution in [3.05, 3.63) is 22.7 Å². The summed E-state index contributed by atoms with van der Waals surface area (Å²) >= 11 is 4.05. The number of hydrogen-bond acceptors (Lipinski definition) is 2. The van der Waals surface area contributed by atoms with Gasteiger partial charge in [0.2, 0.25) is 0 Å². The highest BCUT2D eigenvalue weighted by Crippen LogP contribution is 2.42. The van der Waals surface area contributed by atoms with Crippen LogP contribution in [-0.2, 0) is 0 Å². The summed E-state index contributed by atoms with van der Waals surface area (Å²) < 4.78 is 0. The highest BCUT2D eigenvalue weighted by Gasteiger charge is 2.00. The first kappa shape index (κ1) is 5.12. The lowest BCUT2D eigenvalue weighted by Crippen LogP contribution is -1.64. The molecular weight excluding hydrogens is 128 g/mol. The van der Waals surface area contributed by atoms with Crippen LogP contribution in [0.3, 0.4) is 0 Å². The smallest absolute Gasteiger partial charge is 0.142 e. The minimum atomic E-state index is -0.596. The first-order valence-corrected chi connectivity index (χ1v) is 4.42. The fourth-order valence-electron chi connectivity index (χ4n) is 0.363. The van der Waals surface area contributed by atoms with Crippen molar-refractivity contribution in [3.8, 4) is 0 Å². The van der Waals surface area contributed by atoms with E-state index in [4.69, 9.17) is 5.11 Å². The maximum atomic E-state index is 8.75. The first-order valence-electron chi connectivity index (χ1n) is 1.86. The zero-order valence-electron chi connectivity index (χ0n) is 3.57. The van der Waals surface area contributed by atoms with Crippen molar-refractivity contribution in [3.63, 3.8) is 0 Å². The monoisotopic (exact) mass is 134 g/mol. The summed E-state index contributed by atoms with van der Waals surface area (Å²) in [6, 6.07) is 0. The van der Waals surface area contributed by atoms with Gasteiger partial charge in [-0.25, -0.2) is 0 Å². The molecule has 1 unspecified atom stereocenters. The molecule has 1 atom stereocenters. The minimum absolute atomic E-state index is 0.401. The Morgan fingerprint density at radius 3 is 2.57 bits per heavy atom. The van der Waals surface area contributed by atoms with Crippen LogP contribution in [0.15, 0.2) is 22.7 Å². The fraction of sp³-hybridized carbons (Fsp3) is 0. The summed E-state index contributed by atoms with van der Waals surface area (Å²) in [7, 11) is -0.596. The molecule has 0 aliphatic carbocycles. The maximum absolute atomic E-state index is 8.75. The minimum Gasteiger partial charge on any atom is -0.503 e. The van der Waals surface area contributed by atoms with E-state index >= 15 is 0 Å². The van der Waals surface area contributed by atoms with Crippen LogP contribution in [0.5, 0.6) is 0 Å². The van der Waals surface area contributed by atoms with E-state index in [1.165, 1.54) is 0 Å². The van der Waals surface area contributed by atoms with Crippen molar-refractivity contribution >= 4 is 21.6 Å². The molecule has 0 saturated heterocycles. The molecule has 1 aliphatic rings. The predicted molar refractivity (Wildman–Crippen MR) is 37.8 cm³/mol. The van der Waals surface area contributed by atoms with Gasteiger partial charge in [-0.2, -0.15) is 0 Å². The van der Waals surface area contributed by atoms with Gasteiger partial charge in [-0.1, -0.05) is 6.08 Å². The van der Waals surface area contributed by atoms with E-state index in [-0.39, 0.29) is 0 Å². The fourth-order valence-corrected chi connectivity index (χ4v) is 1.43. The SMILES string of the molecule is OC1=CC=C[SH]1S. The summed E-state index contributed by atoms with van der Waals surface area (Å²) in [6.45, 7) is 0. The van der Waals surface area contributed by atoms with E-state index in [9.17, 15) is 0 Å². The van der Waals surface area contributed by atoms with Crippen LogP contribution < -0.4 is 0 Å². The molecular formula is C4H6OS2. The second-order valence-corrected chi connectivity index (χ2v) is 3.95. The van der Waals surface area contributed by atoms with Gasteiger partial charge >= 0.3 is 0 Å². The van der Waals surface area contributed by atoms with Crippen LogP contribution in [0.4, 0.5) is 0 Å². The van der Waals surface area contributed by atoms with Crippen LogP contribution >= 0.6 is 21.6 Å². The third-order valence-electron chi connectivity index (χ3n) is 0.707. The summed E-state index contributed by atoms with van der Waals surface area (Å²) in [5.74, 6) is 0. The average Bonchev–Trinajstić information content (AvgIpc) is 1.91. The Kier molecular flexibility index (Phi) is 1.35. The Balaban J connectivity index is 2.69. The van der Waals surface area contributed by atoms with E-state index < -0.39 is 9.93 Å². The molecule has 40 valence electrons. The number of rotatable bonds is 0. The van der Waals surface area contributed by atoms with Gasteiger partial charge in [-0.05, 0) is 11.5 Å². The Hall–Kier alpha value is -0.0200. The van der Waals surface area contributed by atoms with Crippen molar-refractivity contribution in [2.45, 2.75) is 0 Å². The average molecular weight is 134 g/mol. The molecule has 0 aromatic rings. The van der Waals surface area contributed by atoms with E-state index in [0.29, 0.717) is 5.09 Å². The topological polar surface area (TPSA) is 20.2 Å². The lowest BCUT2D eigenvalue weighted by molar-refractivity contribution is 0.457. The number of allylic oxidation sites excluding steroid dienone is 2. The lowest BCUT2D eigenvalue weighted by Gasteiger charge is -2.00. The van der Waals surface area contributed by atoms with E-state index in [1.807, 2.05) is 11.5 Å². The highest BCUT2D eigenvalue weighted by atomic mass is 33.1. The summed E-state index contributed by atoms with van der Waals surface area (Å²) in [5.41, 5.74) is 0. The molecule has 1 aliphatic heterocycles. The van der Waals surface area contributed by atoms with E-state index in [0.717, 1.165) is 0 Å². The zero-order chi connectivity index (χ0) is 5.28. The predicted octanol–water partition coefficient (Wildman–Crippen LogP) is 1.76. The van der Waals surface area contributed by atoms with Gasteiger partial charge in [0.15, 0.2) is 0 Å². The molecule has 1 heterocycles. The molecule has 1 rings (SSSR count). The third kappa shape index (κ3) is 0.951. The van der Waals surface area contributed by atoms with Gasteiger partial charge in [0.25, 0.3) is 0 Å². The zero-order valence-corrected chi connectivity index (χ0v) is 5.36. The molecule has 0 bridgehead atoms. The first-order chi connectivity index (χ1) is 3.30. The van der Waals surface area contributed by atoms with Gasteiger partial charge in [0, 0.05) is 0 Å². The van der Waals surface area contributed by atoms with Crippen LogP contribution in [0.1, 0.15) is 0 Å². The van der Waals surface area contributed by atoms with E-state index in [1.54, 1.807) is 6.08 Å². The summed E-state index contributed by atoms with van der Waals surface area (Å²) in [4.78, 5) is 0. The van der Waals surface area contributed by atoms with Gasteiger partial charge in [0.05, 0.1) is 0 Å². The molecule has 0 fully saturated rings. The van der Waals surface area contributed by atoms with Crippen molar-refractivity contribution in [1.29, 1.82) is 0 Å². The molecule has 0 spiro atoms. The Morgan fingerprint density at radius 1 is 1.71 bits per heavy atom. The molecule has 1 N–H and O–H groups in total. The van der Waals surface area contributed by atoms with Crippen molar-refractivity contribution in [2.75, 3.05) is 0 Å². The molecule has 7 heavy (non-hydrogen) atoms. The summed E-state index contributed by atoms with van der Waals surface area (Å²) in [6.07, 6.45) is 3.48. The molecule has 0 aromatic carbocycles. The van der Waals surface area contributed by atoms with E-state index in [2.05, 4.69) is 11.7 Å². The van der Waals surface area contributed by atoms with Crippen LogP contribution in [-0.4, -0.2) is 5.11 Å². The normalized spacial score (nSPS) is 33.3. The van der Waals surface area contributed by atoms with Gasteiger partial charge in [-0.15, -0.1) is 21.6 Å². The van der Waals surface area contributed by atoms with Gasteiger partial charge in [0.1, 0.15) is 5.09 Å². The largest absolute Gasteiger partial charge is 0.503 e. The third-order valence-corrected chi connectivity index (χ3v) is 2.80. The maximum Gasteiger partial charge on any atom is 0.142 e. The second-order valence-electron chi connectivity index (χ2n) is 1.21. The number of aliphatic hydroxyl groups excluding tert-OH is 1. The molecule has 0 aromatic heterocycles. The van der Waals surface area contributed by atoms with Crippen molar-refractivity contribution in [2.24, 2.45) is 0 Å². The number of hydrogen-bond donors (Lipinski definition) is 3. The standard InChI is InChI=1S/C4H6OS2/c5-4-2-1-3-7(4)6/h1-3,5-7H. The molecule has 0 amide bonds. The molecule has 0 saturated carbocycles. The van der Waals surface area contributed by atoms with Gasteiger partial charge < -0.3 is 5.11 Å². The highest BCUT2D eigenvalue weighted by molar-refractivity contribution is 8.81. The molecule has 3 heteroatoms. The Morgan fingerprint density at radius 2 is 2.43 bits per heavy atom. The quantitative estimate of drug-likeness (QED) is 0.340. The van der Waals surface area contributed by atoms with Crippen molar-refractivity contribution in [1.82, 2.24) is 0 Å². The number of aliphatic hydroxyl groups is 1. The van der Waals surface area contributed by atoms with Crippen LogP contribution in [0, 0.1) is 0 Å². The summed E-state index contributed by atoms with van der Waals surface area (Å²) in [5, 5.41) is 11.0. The van der Waals surface area contributed by atoms with Crippen LogP contribution in [0.2, 0.25) is 0 Å². The number of thiol groups is 2. The second kappa shape index (κ2) is 1.84. The lowest BCUT2D eigenvalue weighted by atomic mass is 10.6. The van der Waals surface area contributed by atoms with Gasteiger partial charge in [-0.3, -0.25) is 0 Å². The Labute approximate surface area is 49.9 Å². The van der Waals surface area contributed by atoms with Crippen molar-refractivity contribution < 1.29 is 5.11 Å².